The molecule has 1 atom stereocenters. The topological polar surface area (TPSA) is 49.4 Å². The molecule has 0 bridgehead atoms. The number of hydrogen-bond acceptors (Lipinski definition) is 3. The predicted molar refractivity (Wildman–Crippen MR) is 121 cm³/mol. The van der Waals surface area contributed by atoms with Crippen LogP contribution in [0.4, 0.5) is 0 Å². The Kier molecular flexibility index (Phi) is 9.05. The maximum absolute atomic E-state index is 13.1. The molecule has 2 aromatic rings. The van der Waals surface area contributed by atoms with Crippen molar-refractivity contribution in [2.24, 2.45) is 5.92 Å². The molecule has 156 valence electrons. The molecular formula is C23H29ClN2O2S. The van der Waals surface area contributed by atoms with Gasteiger partial charge in [-0.05, 0) is 43.5 Å². The van der Waals surface area contributed by atoms with Crippen molar-refractivity contribution in [3.63, 3.8) is 0 Å². The number of hydrogen-bond donors (Lipinski definition) is 1. The number of nitrogens with one attached hydrogen (secondary N) is 1. The molecule has 0 aromatic heterocycles. The Labute approximate surface area is 183 Å². The van der Waals surface area contributed by atoms with Crippen molar-refractivity contribution in [2.75, 3.05) is 12.3 Å². The second kappa shape index (κ2) is 11.3. The molecule has 0 heterocycles. The standard InChI is InChI=1S/C23H29ClN2O2S/c1-16(2)13-25-23(28)18(4)26(14-19-7-5-6-8-21(19)24)22(27)15-29-20-11-9-17(3)10-12-20/h5-12,16,18H,13-15H2,1-4H3,(H,25,28)/t18-/m1/s1. The second-order valence-corrected chi connectivity index (χ2v) is 8.99. The van der Waals surface area contributed by atoms with Gasteiger partial charge in [-0.25, -0.2) is 0 Å². The van der Waals surface area contributed by atoms with E-state index >= 15 is 0 Å². The summed E-state index contributed by atoms with van der Waals surface area (Å²) in [5.74, 6) is 0.355. The first-order valence-corrected chi connectivity index (χ1v) is 11.1. The van der Waals surface area contributed by atoms with E-state index in [9.17, 15) is 9.59 Å². The highest BCUT2D eigenvalue weighted by molar-refractivity contribution is 8.00. The number of benzene rings is 2. The number of nitrogens with zero attached hydrogens (tertiary/aromatic N) is 1. The monoisotopic (exact) mass is 432 g/mol. The van der Waals surface area contributed by atoms with E-state index in [1.165, 1.54) is 17.3 Å². The fraction of sp³-hybridized carbons (Fsp3) is 0.391. The van der Waals surface area contributed by atoms with Crippen LogP contribution in [0.1, 0.15) is 31.9 Å². The van der Waals surface area contributed by atoms with Crippen molar-refractivity contribution in [1.82, 2.24) is 10.2 Å². The molecule has 0 aliphatic carbocycles. The number of thioether (sulfide) groups is 1. The minimum atomic E-state index is -0.587. The van der Waals surface area contributed by atoms with Crippen LogP contribution in [0.3, 0.4) is 0 Å². The van der Waals surface area contributed by atoms with Crippen molar-refractivity contribution in [1.29, 1.82) is 0 Å². The Bertz CT molecular complexity index is 824. The number of halogens is 1. The first kappa shape index (κ1) is 23.3. The van der Waals surface area contributed by atoms with Crippen molar-refractivity contribution in [3.8, 4) is 0 Å². The summed E-state index contributed by atoms with van der Waals surface area (Å²) in [4.78, 5) is 28.3. The maximum atomic E-state index is 13.1. The SMILES string of the molecule is Cc1ccc(SCC(=O)N(Cc2ccccc2Cl)[C@H](C)C(=O)NCC(C)C)cc1. The van der Waals surface area contributed by atoms with Crippen LogP contribution in [0.25, 0.3) is 0 Å². The predicted octanol–water partition coefficient (Wildman–Crippen LogP) is 4.93. The van der Waals surface area contributed by atoms with Gasteiger partial charge in [0.05, 0.1) is 5.75 Å². The highest BCUT2D eigenvalue weighted by Gasteiger charge is 2.26. The summed E-state index contributed by atoms with van der Waals surface area (Å²) in [6.45, 7) is 8.74. The molecule has 1 N–H and O–H groups in total. The number of aryl methyl sites for hydroxylation is 1. The van der Waals surface area contributed by atoms with E-state index in [1.54, 1.807) is 17.9 Å². The average molecular weight is 433 g/mol. The van der Waals surface area contributed by atoms with Crippen molar-refractivity contribution >= 4 is 35.2 Å². The lowest BCUT2D eigenvalue weighted by atomic mass is 10.1. The van der Waals surface area contributed by atoms with E-state index in [-0.39, 0.29) is 17.6 Å². The number of rotatable bonds is 9. The molecule has 0 aliphatic heterocycles. The lowest BCUT2D eigenvalue weighted by Crippen LogP contribution is -2.48. The summed E-state index contributed by atoms with van der Waals surface area (Å²) in [5, 5.41) is 3.51. The second-order valence-electron chi connectivity index (χ2n) is 7.53. The molecule has 0 fully saturated rings. The van der Waals surface area contributed by atoms with Crippen molar-refractivity contribution in [3.05, 3.63) is 64.7 Å². The zero-order valence-electron chi connectivity index (χ0n) is 17.4. The van der Waals surface area contributed by atoms with Gasteiger partial charge in [0.15, 0.2) is 0 Å². The van der Waals surface area contributed by atoms with E-state index in [4.69, 9.17) is 11.6 Å². The largest absolute Gasteiger partial charge is 0.354 e. The summed E-state index contributed by atoms with van der Waals surface area (Å²) < 4.78 is 0. The Morgan fingerprint density at radius 1 is 1.07 bits per heavy atom. The summed E-state index contributed by atoms with van der Waals surface area (Å²) in [6, 6.07) is 14.9. The van der Waals surface area contributed by atoms with Crippen molar-refractivity contribution in [2.45, 2.75) is 45.2 Å². The number of amides is 2. The van der Waals surface area contributed by atoms with E-state index in [2.05, 4.69) is 5.32 Å². The molecule has 0 saturated carbocycles. The summed E-state index contributed by atoms with van der Waals surface area (Å²) >= 11 is 7.78. The van der Waals surface area contributed by atoms with E-state index in [0.717, 1.165) is 10.5 Å². The molecule has 4 nitrogen and oxygen atoms in total. The van der Waals surface area contributed by atoms with Crippen LogP contribution in [-0.2, 0) is 16.1 Å². The fourth-order valence-corrected chi connectivity index (χ4v) is 3.69. The van der Waals surface area contributed by atoms with E-state index in [0.29, 0.717) is 24.0 Å². The third-order valence-electron chi connectivity index (χ3n) is 4.53. The Morgan fingerprint density at radius 3 is 2.34 bits per heavy atom. The maximum Gasteiger partial charge on any atom is 0.242 e. The minimum Gasteiger partial charge on any atom is -0.354 e. The first-order valence-electron chi connectivity index (χ1n) is 9.78. The lowest BCUT2D eigenvalue weighted by molar-refractivity contribution is -0.138. The van der Waals surface area contributed by atoms with Gasteiger partial charge in [-0.15, -0.1) is 11.8 Å². The minimum absolute atomic E-state index is 0.0947. The van der Waals surface area contributed by atoms with Gasteiger partial charge in [0.1, 0.15) is 6.04 Å². The molecule has 0 radical (unpaired) electrons. The molecule has 0 unspecified atom stereocenters. The number of carbonyl (C=O) groups is 2. The normalized spacial score (nSPS) is 11.9. The molecular weight excluding hydrogens is 404 g/mol. The summed E-state index contributed by atoms with van der Waals surface area (Å²) in [7, 11) is 0. The number of carbonyl (C=O) groups excluding carboxylic acids is 2. The van der Waals surface area contributed by atoms with Crippen LogP contribution in [0, 0.1) is 12.8 Å². The van der Waals surface area contributed by atoms with E-state index < -0.39 is 6.04 Å². The third kappa shape index (κ3) is 7.41. The third-order valence-corrected chi connectivity index (χ3v) is 5.90. The van der Waals surface area contributed by atoms with Gasteiger partial charge in [0.25, 0.3) is 0 Å². The summed E-state index contributed by atoms with van der Waals surface area (Å²) in [6.07, 6.45) is 0. The van der Waals surface area contributed by atoms with Crippen LogP contribution >= 0.6 is 23.4 Å². The van der Waals surface area contributed by atoms with Crippen LogP contribution in [0.2, 0.25) is 5.02 Å². The van der Waals surface area contributed by atoms with Gasteiger partial charge < -0.3 is 10.2 Å². The van der Waals surface area contributed by atoms with Gasteiger partial charge in [0, 0.05) is 23.0 Å². The van der Waals surface area contributed by atoms with E-state index in [1.807, 2.05) is 63.2 Å². The van der Waals surface area contributed by atoms with Gasteiger partial charge >= 0.3 is 0 Å². The molecule has 6 heteroatoms. The zero-order valence-corrected chi connectivity index (χ0v) is 19.0. The van der Waals surface area contributed by atoms with Gasteiger partial charge in [0.2, 0.25) is 11.8 Å². The molecule has 2 aromatic carbocycles. The first-order chi connectivity index (χ1) is 13.8. The smallest absolute Gasteiger partial charge is 0.242 e. The Morgan fingerprint density at radius 2 is 1.72 bits per heavy atom. The molecule has 2 rings (SSSR count). The van der Waals surface area contributed by atoms with Crippen LogP contribution in [0.5, 0.6) is 0 Å². The van der Waals surface area contributed by atoms with Crippen LogP contribution in [0.15, 0.2) is 53.4 Å². The molecule has 0 saturated heterocycles. The molecule has 2 amide bonds. The highest BCUT2D eigenvalue weighted by Crippen LogP contribution is 2.22. The van der Waals surface area contributed by atoms with Gasteiger partial charge in [-0.3, -0.25) is 9.59 Å². The fourth-order valence-electron chi connectivity index (χ4n) is 2.71. The van der Waals surface area contributed by atoms with Gasteiger partial charge in [-0.1, -0.05) is 61.3 Å². The molecule has 29 heavy (non-hydrogen) atoms. The average Bonchev–Trinajstić information content (AvgIpc) is 2.70. The zero-order chi connectivity index (χ0) is 21.4. The van der Waals surface area contributed by atoms with Gasteiger partial charge in [-0.2, -0.15) is 0 Å². The highest BCUT2D eigenvalue weighted by atomic mass is 35.5. The van der Waals surface area contributed by atoms with Crippen molar-refractivity contribution < 1.29 is 9.59 Å². The van der Waals surface area contributed by atoms with Crippen LogP contribution < -0.4 is 5.32 Å². The van der Waals surface area contributed by atoms with Crippen LogP contribution in [-0.4, -0.2) is 35.1 Å². The molecule has 0 aliphatic rings. The Hall–Kier alpha value is -1.98. The lowest BCUT2D eigenvalue weighted by Gasteiger charge is -2.29. The summed E-state index contributed by atoms with van der Waals surface area (Å²) in [5.41, 5.74) is 2.00. The quantitative estimate of drug-likeness (QED) is 0.571. The molecule has 0 spiro atoms. The Balaban J connectivity index is 2.13.